The van der Waals surface area contributed by atoms with Gasteiger partial charge in [0.2, 0.25) is 11.8 Å². The topological polar surface area (TPSA) is 45.6 Å². The van der Waals surface area contributed by atoms with Crippen molar-refractivity contribution in [3.8, 4) is 5.69 Å². The molecule has 3 aromatic carbocycles. The summed E-state index contributed by atoms with van der Waals surface area (Å²) in [6.07, 6.45) is 4.55. The van der Waals surface area contributed by atoms with Gasteiger partial charge in [-0.1, -0.05) is 92.6 Å². The lowest BCUT2D eigenvalue weighted by molar-refractivity contribution is -0.136. The molecule has 2 heterocycles. The summed E-state index contributed by atoms with van der Waals surface area (Å²) in [5, 5.41) is 0. The number of aromatic nitrogens is 1. The average Bonchev–Trinajstić information content (AvgIpc) is 3.45. The Morgan fingerprint density at radius 1 is 0.872 bits per heavy atom. The molecule has 0 saturated carbocycles. The molecule has 5 nitrogen and oxygen atoms in total. The Bertz CT molecular complexity index is 1440. The van der Waals surface area contributed by atoms with Crippen LogP contribution in [-0.4, -0.2) is 34.4 Å². The Morgan fingerprint density at radius 3 is 2.33 bits per heavy atom. The number of benzene rings is 3. The van der Waals surface area contributed by atoms with E-state index >= 15 is 0 Å². The van der Waals surface area contributed by atoms with Gasteiger partial charge in [0.1, 0.15) is 12.6 Å². The van der Waals surface area contributed by atoms with E-state index in [-0.39, 0.29) is 30.3 Å². The third kappa shape index (κ3) is 5.26. The highest BCUT2D eigenvalue weighted by atomic mass is 16.2. The van der Waals surface area contributed by atoms with Crippen LogP contribution in [0.2, 0.25) is 0 Å². The van der Waals surface area contributed by atoms with Gasteiger partial charge in [-0.2, -0.15) is 0 Å². The molecule has 0 spiro atoms. The molecule has 0 aliphatic carbocycles. The van der Waals surface area contributed by atoms with Gasteiger partial charge in [-0.05, 0) is 55.2 Å². The van der Waals surface area contributed by atoms with Crippen LogP contribution in [-0.2, 0) is 9.59 Å². The summed E-state index contributed by atoms with van der Waals surface area (Å²) in [7, 11) is 0. The largest absolute Gasteiger partial charge is 0.333 e. The second-order valence-electron chi connectivity index (χ2n) is 10.4. The number of anilines is 1. The van der Waals surface area contributed by atoms with Crippen molar-refractivity contribution in [2.75, 3.05) is 18.0 Å². The quantitative estimate of drug-likeness (QED) is 0.238. The highest BCUT2D eigenvalue weighted by molar-refractivity contribution is 6.01. The molecule has 2 unspecified atom stereocenters. The van der Waals surface area contributed by atoms with Gasteiger partial charge in [-0.15, -0.1) is 0 Å². The van der Waals surface area contributed by atoms with Crippen molar-refractivity contribution in [3.63, 3.8) is 0 Å². The van der Waals surface area contributed by atoms with E-state index in [1.807, 2.05) is 78.6 Å². The molecule has 0 N–H and O–H groups in total. The highest BCUT2D eigenvalue weighted by Crippen LogP contribution is 2.42. The fourth-order valence-electron chi connectivity index (χ4n) is 5.73. The SMILES string of the molecule is CCCCN(CC(=O)N1c2ccccc2-n2cccc2C1c1cccc(C)c1)C(=O)C(CC)c1ccccc1. The maximum atomic E-state index is 14.4. The minimum absolute atomic E-state index is 0.0197. The summed E-state index contributed by atoms with van der Waals surface area (Å²) < 4.78 is 2.18. The number of hydrogen-bond acceptors (Lipinski definition) is 2. The van der Waals surface area contributed by atoms with Crippen molar-refractivity contribution in [1.29, 1.82) is 0 Å². The zero-order chi connectivity index (χ0) is 27.4. The number of carbonyl (C=O) groups excluding carboxylic acids is 2. The molecule has 4 aromatic rings. The van der Waals surface area contributed by atoms with E-state index in [0.29, 0.717) is 13.0 Å². The Labute approximate surface area is 231 Å². The van der Waals surface area contributed by atoms with Gasteiger partial charge < -0.3 is 9.47 Å². The lowest BCUT2D eigenvalue weighted by Gasteiger charge is -2.40. The Morgan fingerprint density at radius 2 is 1.62 bits per heavy atom. The lowest BCUT2D eigenvalue weighted by Crippen LogP contribution is -2.48. The van der Waals surface area contributed by atoms with E-state index < -0.39 is 0 Å². The van der Waals surface area contributed by atoms with Crippen LogP contribution in [0.15, 0.2) is 97.2 Å². The fourth-order valence-corrected chi connectivity index (χ4v) is 5.73. The molecule has 0 bridgehead atoms. The number of aryl methyl sites for hydroxylation is 1. The molecule has 0 fully saturated rings. The van der Waals surface area contributed by atoms with E-state index in [0.717, 1.165) is 46.6 Å². The minimum Gasteiger partial charge on any atom is -0.333 e. The first-order chi connectivity index (χ1) is 19.0. The van der Waals surface area contributed by atoms with Crippen LogP contribution in [0.1, 0.15) is 67.5 Å². The van der Waals surface area contributed by atoms with Gasteiger partial charge in [-0.3, -0.25) is 14.5 Å². The third-order valence-electron chi connectivity index (χ3n) is 7.67. The smallest absolute Gasteiger partial charge is 0.247 e. The Balaban J connectivity index is 1.54. The van der Waals surface area contributed by atoms with Crippen LogP contribution in [0.25, 0.3) is 5.69 Å². The summed E-state index contributed by atoms with van der Waals surface area (Å²) in [5.74, 6) is -0.325. The van der Waals surface area contributed by atoms with E-state index in [2.05, 4.69) is 48.9 Å². The predicted molar refractivity (Wildman–Crippen MR) is 157 cm³/mol. The number of carbonyl (C=O) groups is 2. The van der Waals surface area contributed by atoms with Crippen molar-refractivity contribution < 1.29 is 9.59 Å². The first kappa shape index (κ1) is 26.5. The zero-order valence-corrected chi connectivity index (χ0v) is 23.1. The molecular formula is C34H37N3O2. The Hall–Kier alpha value is -4.12. The van der Waals surface area contributed by atoms with E-state index in [1.54, 1.807) is 4.90 Å². The summed E-state index contributed by atoms with van der Waals surface area (Å²) in [5.41, 5.74) is 6.06. The summed E-state index contributed by atoms with van der Waals surface area (Å²) >= 11 is 0. The van der Waals surface area contributed by atoms with E-state index in [1.165, 1.54) is 0 Å². The average molecular weight is 520 g/mol. The van der Waals surface area contributed by atoms with Crippen LogP contribution in [0.5, 0.6) is 0 Å². The summed E-state index contributed by atoms with van der Waals surface area (Å²) in [4.78, 5) is 32.1. The predicted octanol–water partition coefficient (Wildman–Crippen LogP) is 7.04. The molecule has 0 radical (unpaired) electrons. The number of rotatable bonds is 9. The normalized spacial score (nSPS) is 14.8. The second kappa shape index (κ2) is 11.7. The van der Waals surface area contributed by atoms with Crippen molar-refractivity contribution in [1.82, 2.24) is 9.47 Å². The Kier molecular flexibility index (Phi) is 7.97. The standard InChI is InChI=1S/C34H37N3O2/c1-4-6-21-35(34(39)28(5-2)26-15-8-7-9-16-26)24-32(38)37-30-19-11-10-18-29(30)36-22-13-20-31(36)33(37)27-17-12-14-25(3)23-27/h7-20,22-23,28,33H,4-6,21,24H2,1-3H3. The van der Waals surface area contributed by atoms with Gasteiger partial charge in [-0.25, -0.2) is 0 Å². The van der Waals surface area contributed by atoms with Crippen LogP contribution in [0.3, 0.4) is 0 Å². The van der Waals surface area contributed by atoms with Crippen molar-refractivity contribution >= 4 is 17.5 Å². The maximum absolute atomic E-state index is 14.4. The highest BCUT2D eigenvalue weighted by Gasteiger charge is 2.37. The molecule has 200 valence electrons. The van der Waals surface area contributed by atoms with Crippen LogP contribution >= 0.6 is 0 Å². The molecule has 1 aliphatic rings. The number of para-hydroxylation sites is 2. The molecule has 0 saturated heterocycles. The molecule has 1 aromatic heterocycles. The van der Waals surface area contributed by atoms with Crippen molar-refractivity contribution in [3.05, 3.63) is 120 Å². The second-order valence-corrected chi connectivity index (χ2v) is 10.4. The number of amides is 2. The van der Waals surface area contributed by atoms with Crippen LogP contribution in [0.4, 0.5) is 5.69 Å². The number of unbranched alkanes of at least 4 members (excludes halogenated alkanes) is 1. The molecule has 5 rings (SSSR count). The zero-order valence-electron chi connectivity index (χ0n) is 23.1. The third-order valence-corrected chi connectivity index (χ3v) is 7.67. The summed E-state index contributed by atoms with van der Waals surface area (Å²) in [6, 6.07) is 30.2. The number of hydrogen-bond donors (Lipinski definition) is 0. The fraction of sp³-hybridized carbons (Fsp3) is 0.294. The molecule has 2 atom stereocenters. The van der Waals surface area contributed by atoms with Gasteiger partial charge in [0, 0.05) is 12.7 Å². The van der Waals surface area contributed by atoms with Crippen molar-refractivity contribution in [2.24, 2.45) is 0 Å². The van der Waals surface area contributed by atoms with Gasteiger partial charge >= 0.3 is 0 Å². The van der Waals surface area contributed by atoms with E-state index in [4.69, 9.17) is 0 Å². The van der Waals surface area contributed by atoms with Gasteiger partial charge in [0.15, 0.2) is 0 Å². The molecule has 2 amide bonds. The summed E-state index contributed by atoms with van der Waals surface area (Å²) in [6.45, 7) is 6.83. The van der Waals surface area contributed by atoms with Crippen LogP contribution < -0.4 is 4.90 Å². The van der Waals surface area contributed by atoms with Gasteiger partial charge in [0.05, 0.1) is 23.0 Å². The first-order valence-corrected chi connectivity index (χ1v) is 14.0. The van der Waals surface area contributed by atoms with Crippen molar-refractivity contribution in [2.45, 2.75) is 52.0 Å². The molecular weight excluding hydrogens is 482 g/mol. The lowest BCUT2D eigenvalue weighted by atomic mass is 9.94. The number of nitrogens with zero attached hydrogens (tertiary/aromatic N) is 3. The molecule has 1 aliphatic heterocycles. The first-order valence-electron chi connectivity index (χ1n) is 14.0. The van der Waals surface area contributed by atoms with E-state index in [9.17, 15) is 9.59 Å². The minimum atomic E-state index is -0.290. The number of fused-ring (bicyclic) bond motifs is 3. The maximum Gasteiger partial charge on any atom is 0.247 e. The molecule has 39 heavy (non-hydrogen) atoms. The van der Waals surface area contributed by atoms with Crippen LogP contribution in [0, 0.1) is 6.92 Å². The molecule has 5 heteroatoms. The van der Waals surface area contributed by atoms with Gasteiger partial charge in [0.25, 0.3) is 0 Å². The monoisotopic (exact) mass is 519 g/mol.